The predicted molar refractivity (Wildman–Crippen MR) is 153 cm³/mol. The number of carbonyl (C=O) groups is 2. The number of hydrogen-bond donors (Lipinski definition) is 0. The van der Waals surface area contributed by atoms with Gasteiger partial charge in [-0.1, -0.05) is 48.5 Å². The standard InChI is InChI=1S/C32H35N5O3/c1-35-21-28(18-33-35)25-4-2-23(3-5-25)24-6-8-26(9-7-24)29-34-32(13-16-40-17-14-32)31(39)37(29)20-22-12-15-36(19-22)30(38)27-10-11-27/h2-9,18,21-22,27H,10-17,19-20H2,1H3. The summed E-state index contributed by atoms with van der Waals surface area (Å²) in [6.45, 7) is 3.24. The van der Waals surface area contributed by atoms with Crippen LogP contribution in [0.25, 0.3) is 22.3 Å². The number of hydrogen-bond acceptors (Lipinski definition) is 5. The van der Waals surface area contributed by atoms with Crippen LogP contribution in [0.4, 0.5) is 0 Å². The van der Waals surface area contributed by atoms with Crippen LogP contribution in [0.3, 0.4) is 0 Å². The van der Waals surface area contributed by atoms with Gasteiger partial charge in [0.15, 0.2) is 0 Å². The van der Waals surface area contributed by atoms with Gasteiger partial charge in [0.2, 0.25) is 5.91 Å². The first-order chi connectivity index (χ1) is 19.5. The lowest BCUT2D eigenvalue weighted by Gasteiger charge is -2.30. The number of rotatable bonds is 6. The summed E-state index contributed by atoms with van der Waals surface area (Å²) in [6, 6.07) is 16.9. The van der Waals surface area contributed by atoms with Gasteiger partial charge < -0.3 is 9.64 Å². The summed E-state index contributed by atoms with van der Waals surface area (Å²) >= 11 is 0. The van der Waals surface area contributed by atoms with Crippen LogP contribution in [0.2, 0.25) is 0 Å². The third kappa shape index (κ3) is 4.64. The molecular formula is C32H35N5O3. The molecule has 0 N–H and O–H groups in total. The molecule has 8 nitrogen and oxygen atoms in total. The van der Waals surface area contributed by atoms with Gasteiger partial charge in [-0.2, -0.15) is 5.10 Å². The Morgan fingerprint density at radius 2 is 1.55 bits per heavy atom. The third-order valence-corrected chi connectivity index (χ3v) is 8.90. The highest BCUT2D eigenvalue weighted by atomic mass is 16.5. The Labute approximate surface area is 234 Å². The molecule has 3 aliphatic heterocycles. The van der Waals surface area contributed by atoms with Gasteiger partial charge in [-0.25, -0.2) is 0 Å². The van der Waals surface area contributed by atoms with E-state index in [2.05, 4.69) is 53.6 Å². The van der Waals surface area contributed by atoms with E-state index in [-0.39, 0.29) is 17.7 Å². The van der Waals surface area contributed by atoms with Crippen LogP contribution in [0.5, 0.6) is 0 Å². The summed E-state index contributed by atoms with van der Waals surface area (Å²) < 4.78 is 7.40. The number of benzene rings is 2. The molecule has 1 aliphatic carbocycles. The number of carbonyl (C=O) groups excluding carboxylic acids is 2. The molecule has 206 valence electrons. The predicted octanol–water partition coefficient (Wildman–Crippen LogP) is 4.15. The Kier molecular flexibility index (Phi) is 6.30. The highest BCUT2D eigenvalue weighted by molar-refractivity contribution is 6.15. The lowest BCUT2D eigenvalue weighted by atomic mass is 9.90. The van der Waals surface area contributed by atoms with Crippen LogP contribution >= 0.6 is 0 Å². The highest BCUT2D eigenvalue weighted by Gasteiger charge is 2.50. The number of amidine groups is 1. The van der Waals surface area contributed by atoms with Gasteiger partial charge in [0.25, 0.3) is 5.91 Å². The molecule has 2 aromatic carbocycles. The molecule has 1 unspecified atom stereocenters. The van der Waals surface area contributed by atoms with Gasteiger partial charge in [-0.3, -0.25) is 24.2 Å². The first-order valence-corrected chi connectivity index (χ1v) is 14.5. The average molecular weight is 538 g/mol. The molecule has 2 amide bonds. The van der Waals surface area contributed by atoms with Crippen LogP contribution in [0.15, 0.2) is 65.9 Å². The zero-order valence-corrected chi connectivity index (χ0v) is 23.0. The van der Waals surface area contributed by atoms with Crippen LogP contribution in [0, 0.1) is 11.8 Å². The van der Waals surface area contributed by atoms with E-state index in [1.165, 1.54) is 0 Å². The number of nitrogens with zero attached hydrogens (tertiary/aromatic N) is 5. The highest BCUT2D eigenvalue weighted by Crippen LogP contribution is 2.37. The van der Waals surface area contributed by atoms with E-state index in [0.29, 0.717) is 38.5 Å². The van der Waals surface area contributed by atoms with E-state index in [0.717, 1.165) is 66.0 Å². The summed E-state index contributed by atoms with van der Waals surface area (Å²) in [5.41, 5.74) is 4.70. The zero-order chi connectivity index (χ0) is 27.3. The molecule has 40 heavy (non-hydrogen) atoms. The van der Waals surface area contributed by atoms with E-state index in [4.69, 9.17) is 9.73 Å². The van der Waals surface area contributed by atoms with Crippen molar-refractivity contribution >= 4 is 17.6 Å². The minimum Gasteiger partial charge on any atom is -0.381 e. The Morgan fingerprint density at radius 3 is 2.15 bits per heavy atom. The topological polar surface area (TPSA) is 80.0 Å². The van der Waals surface area contributed by atoms with Crippen molar-refractivity contribution in [2.24, 2.45) is 23.9 Å². The van der Waals surface area contributed by atoms with Crippen molar-refractivity contribution < 1.29 is 14.3 Å². The molecule has 0 radical (unpaired) electrons. The van der Waals surface area contributed by atoms with Crippen molar-refractivity contribution in [2.45, 2.75) is 37.6 Å². The van der Waals surface area contributed by atoms with E-state index in [1.54, 1.807) is 0 Å². The average Bonchev–Trinajstić information content (AvgIpc) is 3.49. The molecule has 4 aliphatic rings. The fraction of sp³-hybridized carbons (Fsp3) is 0.438. The molecule has 7 rings (SSSR count). The molecule has 8 heteroatoms. The second kappa shape index (κ2) is 10.0. The third-order valence-electron chi connectivity index (χ3n) is 8.90. The molecule has 1 spiro atoms. The van der Waals surface area contributed by atoms with Gasteiger partial charge in [0.05, 0.1) is 6.20 Å². The van der Waals surface area contributed by atoms with Crippen LogP contribution in [-0.4, -0.2) is 75.6 Å². The van der Waals surface area contributed by atoms with E-state index < -0.39 is 5.54 Å². The zero-order valence-electron chi connectivity index (χ0n) is 23.0. The Morgan fingerprint density at radius 1 is 0.925 bits per heavy atom. The van der Waals surface area contributed by atoms with Gasteiger partial charge in [-0.15, -0.1) is 0 Å². The van der Waals surface area contributed by atoms with Crippen molar-refractivity contribution in [1.29, 1.82) is 0 Å². The van der Waals surface area contributed by atoms with Crippen molar-refractivity contribution in [3.63, 3.8) is 0 Å². The fourth-order valence-corrected chi connectivity index (χ4v) is 6.35. The number of ether oxygens (including phenoxy) is 1. The summed E-state index contributed by atoms with van der Waals surface area (Å²) in [7, 11) is 1.92. The van der Waals surface area contributed by atoms with E-state index in [9.17, 15) is 9.59 Å². The quantitative estimate of drug-likeness (QED) is 0.473. The molecular weight excluding hydrogens is 502 g/mol. The number of amides is 2. The molecule has 3 fully saturated rings. The second-order valence-electron chi connectivity index (χ2n) is 11.8. The number of aromatic nitrogens is 2. The molecule has 3 aromatic rings. The molecule has 0 bridgehead atoms. The van der Waals surface area contributed by atoms with Crippen molar-refractivity contribution in [2.75, 3.05) is 32.8 Å². The fourth-order valence-electron chi connectivity index (χ4n) is 6.35. The molecule has 1 atom stereocenters. The maximum Gasteiger partial charge on any atom is 0.256 e. The normalized spacial score (nSPS) is 22.3. The Balaban J connectivity index is 1.12. The van der Waals surface area contributed by atoms with Gasteiger partial charge in [0, 0.05) is 76.0 Å². The summed E-state index contributed by atoms with van der Waals surface area (Å²) in [5.74, 6) is 1.66. The Bertz CT molecular complexity index is 1450. The van der Waals surface area contributed by atoms with Crippen molar-refractivity contribution in [3.05, 3.63) is 66.5 Å². The summed E-state index contributed by atoms with van der Waals surface area (Å²) in [6.07, 6.45) is 8.10. The van der Waals surface area contributed by atoms with Gasteiger partial charge >= 0.3 is 0 Å². The SMILES string of the molecule is Cn1cc(-c2ccc(-c3ccc(C4=NC5(CCOCC5)C(=O)N4CC4CCN(C(=O)C5CC5)C4)cc3)cc2)cn1. The second-order valence-corrected chi connectivity index (χ2v) is 11.8. The summed E-state index contributed by atoms with van der Waals surface area (Å²) in [5, 5.41) is 4.27. The number of aryl methyl sites for hydroxylation is 1. The molecule has 1 aromatic heterocycles. The molecule has 4 heterocycles. The minimum absolute atomic E-state index is 0.0906. The van der Waals surface area contributed by atoms with Crippen molar-refractivity contribution in [1.82, 2.24) is 19.6 Å². The van der Waals surface area contributed by atoms with E-state index in [1.807, 2.05) is 33.9 Å². The first-order valence-electron chi connectivity index (χ1n) is 14.5. The molecule has 1 saturated carbocycles. The first kappa shape index (κ1) is 25.2. The smallest absolute Gasteiger partial charge is 0.256 e. The minimum atomic E-state index is -0.726. The van der Waals surface area contributed by atoms with Crippen LogP contribution in [0.1, 0.15) is 37.7 Å². The maximum atomic E-state index is 13.9. The monoisotopic (exact) mass is 537 g/mol. The lowest BCUT2D eigenvalue weighted by molar-refractivity contribution is -0.134. The van der Waals surface area contributed by atoms with Crippen LogP contribution < -0.4 is 0 Å². The maximum absolute atomic E-state index is 13.9. The van der Waals surface area contributed by atoms with Gasteiger partial charge in [0.1, 0.15) is 11.4 Å². The van der Waals surface area contributed by atoms with Crippen LogP contribution in [-0.2, 0) is 21.4 Å². The summed E-state index contributed by atoms with van der Waals surface area (Å²) in [4.78, 5) is 35.6. The lowest BCUT2D eigenvalue weighted by Crippen LogP contribution is -2.47. The largest absolute Gasteiger partial charge is 0.381 e. The number of aliphatic imine (C=N–C) groups is 1. The van der Waals surface area contributed by atoms with Crippen molar-refractivity contribution in [3.8, 4) is 22.3 Å². The Hall–Kier alpha value is -3.78. The molecule has 2 saturated heterocycles. The number of likely N-dealkylation sites (tertiary alicyclic amines) is 1. The van der Waals surface area contributed by atoms with E-state index >= 15 is 0 Å². The van der Waals surface area contributed by atoms with Gasteiger partial charge in [-0.05, 0) is 41.9 Å².